The second kappa shape index (κ2) is 7.43. The van der Waals surface area contributed by atoms with Crippen molar-refractivity contribution >= 4 is 27.7 Å². The third-order valence-electron chi connectivity index (χ3n) is 2.85. The standard InChI is InChI=1S/C15H21BrN2O2/c1-9(2)8-17-14(19)11(4)18-15(20)12-5-6-13(16)10(3)7-12/h5-7,9,11H,8H2,1-4H3,(H,17,19)(H,18,20). The number of aryl methyl sites for hydroxylation is 1. The van der Waals surface area contributed by atoms with Gasteiger partial charge in [-0.3, -0.25) is 9.59 Å². The van der Waals surface area contributed by atoms with Gasteiger partial charge < -0.3 is 10.6 Å². The number of benzene rings is 1. The van der Waals surface area contributed by atoms with Crippen LogP contribution in [-0.2, 0) is 4.79 Å². The van der Waals surface area contributed by atoms with Crippen molar-refractivity contribution in [1.82, 2.24) is 10.6 Å². The van der Waals surface area contributed by atoms with E-state index in [4.69, 9.17) is 0 Å². The number of carbonyl (C=O) groups excluding carboxylic acids is 2. The van der Waals surface area contributed by atoms with Crippen LogP contribution in [0.25, 0.3) is 0 Å². The SMILES string of the molecule is Cc1cc(C(=O)NC(C)C(=O)NCC(C)C)ccc1Br. The Bertz CT molecular complexity index is 501. The highest BCUT2D eigenvalue weighted by Crippen LogP contribution is 2.17. The Hall–Kier alpha value is -1.36. The van der Waals surface area contributed by atoms with Crippen LogP contribution in [-0.4, -0.2) is 24.4 Å². The molecule has 0 aliphatic rings. The minimum Gasteiger partial charge on any atom is -0.354 e. The first-order chi connectivity index (χ1) is 9.31. The first-order valence-corrected chi connectivity index (χ1v) is 7.45. The van der Waals surface area contributed by atoms with E-state index in [1.165, 1.54) is 0 Å². The zero-order valence-electron chi connectivity index (χ0n) is 12.3. The molecule has 0 aliphatic carbocycles. The average Bonchev–Trinajstić information content (AvgIpc) is 2.38. The van der Waals surface area contributed by atoms with Gasteiger partial charge in [0.1, 0.15) is 6.04 Å². The molecule has 5 heteroatoms. The van der Waals surface area contributed by atoms with Crippen LogP contribution in [0.4, 0.5) is 0 Å². The number of amides is 2. The lowest BCUT2D eigenvalue weighted by Gasteiger charge is -2.15. The zero-order chi connectivity index (χ0) is 15.3. The Kier molecular flexibility index (Phi) is 6.20. The summed E-state index contributed by atoms with van der Waals surface area (Å²) in [5, 5.41) is 5.50. The number of carbonyl (C=O) groups is 2. The normalized spacial score (nSPS) is 12.1. The molecule has 0 aliphatic heterocycles. The van der Waals surface area contributed by atoms with Gasteiger partial charge in [-0.1, -0.05) is 29.8 Å². The summed E-state index contributed by atoms with van der Waals surface area (Å²) in [6.07, 6.45) is 0. The zero-order valence-corrected chi connectivity index (χ0v) is 13.9. The maximum atomic E-state index is 12.1. The molecule has 0 aromatic heterocycles. The molecule has 1 unspecified atom stereocenters. The fourth-order valence-corrected chi connectivity index (χ4v) is 1.84. The van der Waals surface area contributed by atoms with Crippen molar-refractivity contribution in [2.45, 2.75) is 33.7 Å². The molecule has 110 valence electrons. The Morgan fingerprint density at radius 1 is 1.25 bits per heavy atom. The molecule has 0 saturated carbocycles. The molecule has 0 bridgehead atoms. The Morgan fingerprint density at radius 2 is 1.90 bits per heavy atom. The lowest BCUT2D eigenvalue weighted by atomic mass is 10.1. The van der Waals surface area contributed by atoms with E-state index in [1.807, 2.05) is 26.8 Å². The molecular weight excluding hydrogens is 320 g/mol. The lowest BCUT2D eigenvalue weighted by molar-refractivity contribution is -0.122. The van der Waals surface area contributed by atoms with Crippen molar-refractivity contribution in [3.63, 3.8) is 0 Å². The van der Waals surface area contributed by atoms with Crippen molar-refractivity contribution in [3.8, 4) is 0 Å². The minimum atomic E-state index is -0.551. The summed E-state index contributed by atoms with van der Waals surface area (Å²) in [4.78, 5) is 23.9. The molecule has 0 fully saturated rings. The fourth-order valence-electron chi connectivity index (χ4n) is 1.59. The molecule has 0 spiro atoms. The molecule has 0 radical (unpaired) electrons. The molecule has 1 atom stereocenters. The molecular formula is C15H21BrN2O2. The van der Waals surface area contributed by atoms with Crippen LogP contribution in [0, 0.1) is 12.8 Å². The molecule has 0 heterocycles. The second-order valence-corrected chi connectivity index (χ2v) is 6.15. The first kappa shape index (κ1) is 16.7. The van der Waals surface area contributed by atoms with E-state index in [0.29, 0.717) is 18.0 Å². The minimum absolute atomic E-state index is 0.166. The van der Waals surface area contributed by atoms with Gasteiger partial charge in [-0.15, -0.1) is 0 Å². The van der Waals surface area contributed by atoms with Gasteiger partial charge in [0.2, 0.25) is 5.91 Å². The largest absolute Gasteiger partial charge is 0.354 e. The molecule has 0 saturated heterocycles. The predicted octanol–water partition coefficient (Wildman–Crippen LogP) is 2.65. The summed E-state index contributed by atoms with van der Waals surface area (Å²) in [5.41, 5.74) is 1.53. The van der Waals surface area contributed by atoms with Crippen LogP contribution in [0.5, 0.6) is 0 Å². The molecule has 20 heavy (non-hydrogen) atoms. The number of hydrogen-bond donors (Lipinski definition) is 2. The van der Waals surface area contributed by atoms with Crippen LogP contribution in [0.3, 0.4) is 0 Å². The van der Waals surface area contributed by atoms with E-state index in [0.717, 1.165) is 10.0 Å². The molecule has 4 nitrogen and oxygen atoms in total. The van der Waals surface area contributed by atoms with Crippen molar-refractivity contribution < 1.29 is 9.59 Å². The van der Waals surface area contributed by atoms with Crippen molar-refractivity contribution in [1.29, 1.82) is 0 Å². The van der Waals surface area contributed by atoms with Gasteiger partial charge in [0.05, 0.1) is 0 Å². The molecule has 1 rings (SSSR count). The maximum Gasteiger partial charge on any atom is 0.251 e. The maximum absolute atomic E-state index is 12.1. The molecule has 2 amide bonds. The average molecular weight is 341 g/mol. The van der Waals surface area contributed by atoms with E-state index < -0.39 is 6.04 Å². The van der Waals surface area contributed by atoms with Crippen LogP contribution < -0.4 is 10.6 Å². The first-order valence-electron chi connectivity index (χ1n) is 6.66. The van der Waals surface area contributed by atoms with Gasteiger partial charge in [-0.05, 0) is 43.5 Å². The van der Waals surface area contributed by atoms with E-state index in [1.54, 1.807) is 19.1 Å². The van der Waals surface area contributed by atoms with Crippen molar-refractivity contribution in [3.05, 3.63) is 33.8 Å². The summed E-state index contributed by atoms with van der Waals surface area (Å²) in [7, 11) is 0. The smallest absolute Gasteiger partial charge is 0.251 e. The summed E-state index contributed by atoms with van der Waals surface area (Å²) in [6, 6.07) is 4.79. The topological polar surface area (TPSA) is 58.2 Å². The number of nitrogens with one attached hydrogen (secondary N) is 2. The highest BCUT2D eigenvalue weighted by Gasteiger charge is 2.16. The van der Waals surface area contributed by atoms with Gasteiger partial charge in [0.25, 0.3) is 5.91 Å². The highest BCUT2D eigenvalue weighted by molar-refractivity contribution is 9.10. The van der Waals surface area contributed by atoms with E-state index >= 15 is 0 Å². The highest BCUT2D eigenvalue weighted by atomic mass is 79.9. The van der Waals surface area contributed by atoms with Crippen LogP contribution in [0.1, 0.15) is 36.7 Å². The molecule has 1 aromatic rings. The van der Waals surface area contributed by atoms with Crippen LogP contribution in [0.15, 0.2) is 22.7 Å². The van der Waals surface area contributed by atoms with Gasteiger partial charge in [0.15, 0.2) is 0 Å². The van der Waals surface area contributed by atoms with Crippen LogP contribution >= 0.6 is 15.9 Å². The van der Waals surface area contributed by atoms with E-state index in [-0.39, 0.29) is 11.8 Å². The number of halogens is 1. The second-order valence-electron chi connectivity index (χ2n) is 5.30. The van der Waals surface area contributed by atoms with Gasteiger partial charge in [-0.2, -0.15) is 0 Å². The van der Waals surface area contributed by atoms with E-state index in [9.17, 15) is 9.59 Å². The fraction of sp³-hybridized carbons (Fsp3) is 0.467. The van der Waals surface area contributed by atoms with Crippen molar-refractivity contribution in [2.24, 2.45) is 5.92 Å². The monoisotopic (exact) mass is 340 g/mol. The summed E-state index contributed by atoms with van der Waals surface area (Å²) >= 11 is 3.39. The third-order valence-corrected chi connectivity index (χ3v) is 3.74. The summed E-state index contributed by atoms with van der Waals surface area (Å²) < 4.78 is 0.955. The van der Waals surface area contributed by atoms with E-state index in [2.05, 4.69) is 26.6 Å². The number of hydrogen-bond acceptors (Lipinski definition) is 2. The number of rotatable bonds is 5. The van der Waals surface area contributed by atoms with Gasteiger partial charge >= 0.3 is 0 Å². The van der Waals surface area contributed by atoms with Crippen LogP contribution in [0.2, 0.25) is 0 Å². The third kappa shape index (κ3) is 4.96. The molecule has 2 N–H and O–H groups in total. The van der Waals surface area contributed by atoms with Crippen molar-refractivity contribution in [2.75, 3.05) is 6.54 Å². The quantitative estimate of drug-likeness (QED) is 0.865. The van der Waals surface area contributed by atoms with Gasteiger partial charge in [-0.25, -0.2) is 0 Å². The Labute approximate surface area is 128 Å². The summed E-state index contributed by atoms with van der Waals surface area (Å²) in [5.74, 6) is -0.0235. The Morgan fingerprint density at radius 3 is 2.45 bits per heavy atom. The summed E-state index contributed by atoms with van der Waals surface area (Å²) in [6.45, 7) is 8.25. The Balaban J connectivity index is 2.60. The predicted molar refractivity (Wildman–Crippen MR) is 83.7 cm³/mol. The lowest BCUT2D eigenvalue weighted by Crippen LogP contribution is -2.45. The molecule has 1 aromatic carbocycles. The van der Waals surface area contributed by atoms with Gasteiger partial charge in [0, 0.05) is 16.6 Å².